The number of hydrogen-bond acceptors (Lipinski definition) is 5. The summed E-state index contributed by atoms with van der Waals surface area (Å²) >= 11 is 2.42. The highest BCUT2D eigenvalue weighted by molar-refractivity contribution is 8.00. The number of amides is 2. The molecule has 3 atom stereocenters. The van der Waals surface area contributed by atoms with E-state index in [2.05, 4.69) is 4.98 Å². The average Bonchev–Trinajstić information content (AvgIpc) is 3.24. The molecule has 7 heteroatoms. The number of aromatic amines is 1. The molecule has 2 aliphatic rings. The number of aryl methyl sites for hydroxylation is 1. The molecule has 0 aliphatic carbocycles. The number of carbonyl (C=O) groups excluding carboxylic acids is 2. The second-order valence-electron chi connectivity index (χ2n) is 7.42. The predicted molar refractivity (Wildman–Crippen MR) is 120 cm³/mol. The van der Waals surface area contributed by atoms with Crippen molar-refractivity contribution in [2.24, 2.45) is 5.92 Å². The van der Waals surface area contributed by atoms with Gasteiger partial charge in [-0.25, -0.2) is 4.90 Å². The van der Waals surface area contributed by atoms with Crippen LogP contribution in [0.25, 0.3) is 6.08 Å². The highest BCUT2D eigenvalue weighted by Gasteiger charge is 2.55. The molecule has 0 spiro atoms. The molecule has 150 valence electrons. The minimum Gasteiger partial charge on any atom is -0.307 e. The van der Waals surface area contributed by atoms with E-state index < -0.39 is 11.2 Å². The second kappa shape index (κ2) is 7.41. The highest BCUT2D eigenvalue weighted by Crippen LogP contribution is 2.51. The summed E-state index contributed by atoms with van der Waals surface area (Å²) in [5.41, 5.74) is 2.66. The first-order chi connectivity index (χ1) is 14.5. The molecule has 2 aromatic carbocycles. The van der Waals surface area contributed by atoms with Gasteiger partial charge in [-0.3, -0.25) is 14.4 Å². The molecule has 5 nitrogen and oxygen atoms in total. The van der Waals surface area contributed by atoms with Gasteiger partial charge in [-0.15, -0.1) is 0 Å². The summed E-state index contributed by atoms with van der Waals surface area (Å²) < 4.78 is 0. The van der Waals surface area contributed by atoms with Crippen LogP contribution >= 0.6 is 23.1 Å². The molecule has 30 heavy (non-hydrogen) atoms. The van der Waals surface area contributed by atoms with Crippen molar-refractivity contribution in [2.45, 2.75) is 23.1 Å². The first-order valence-corrected chi connectivity index (χ1v) is 11.3. The van der Waals surface area contributed by atoms with Crippen LogP contribution < -0.4 is 9.77 Å². The summed E-state index contributed by atoms with van der Waals surface area (Å²) in [5, 5.41) is 0.142. The number of nitrogens with zero attached hydrogens (tertiary/aromatic N) is 1. The van der Waals surface area contributed by atoms with Crippen LogP contribution in [-0.4, -0.2) is 22.0 Å². The number of benzene rings is 2. The van der Waals surface area contributed by atoms with Crippen molar-refractivity contribution in [3.63, 3.8) is 0 Å². The zero-order valence-electron chi connectivity index (χ0n) is 16.1. The summed E-state index contributed by atoms with van der Waals surface area (Å²) in [7, 11) is 0. The van der Waals surface area contributed by atoms with Gasteiger partial charge in [-0.2, -0.15) is 0 Å². The molecule has 1 fully saturated rings. The molecule has 1 saturated heterocycles. The maximum absolute atomic E-state index is 13.4. The summed E-state index contributed by atoms with van der Waals surface area (Å²) in [6.07, 6.45) is 3.91. The fourth-order valence-corrected chi connectivity index (χ4v) is 6.48. The zero-order valence-corrected chi connectivity index (χ0v) is 17.7. The van der Waals surface area contributed by atoms with Gasteiger partial charge in [-0.1, -0.05) is 83.3 Å². The van der Waals surface area contributed by atoms with E-state index in [0.717, 1.165) is 27.3 Å². The fourth-order valence-electron chi connectivity index (χ4n) is 3.99. The molecule has 2 amide bonds. The number of nitrogens with one attached hydrogen (secondary N) is 1. The molecular formula is C23H18N2O3S2. The van der Waals surface area contributed by atoms with Crippen LogP contribution in [0.4, 0.5) is 5.69 Å². The Morgan fingerprint density at radius 2 is 1.70 bits per heavy atom. The summed E-state index contributed by atoms with van der Waals surface area (Å²) in [4.78, 5) is 43.5. The monoisotopic (exact) mass is 434 g/mol. The van der Waals surface area contributed by atoms with Crippen molar-refractivity contribution in [1.29, 1.82) is 0 Å². The van der Waals surface area contributed by atoms with Crippen molar-refractivity contribution in [3.05, 3.63) is 86.3 Å². The van der Waals surface area contributed by atoms with Gasteiger partial charge in [0.25, 0.3) is 0 Å². The number of imide groups is 1. The van der Waals surface area contributed by atoms with Crippen molar-refractivity contribution < 1.29 is 9.59 Å². The van der Waals surface area contributed by atoms with Gasteiger partial charge in [0, 0.05) is 10.8 Å². The largest absolute Gasteiger partial charge is 0.307 e. The Hall–Kier alpha value is -2.90. The third kappa shape index (κ3) is 3.14. The van der Waals surface area contributed by atoms with E-state index in [0.29, 0.717) is 10.7 Å². The van der Waals surface area contributed by atoms with Crippen molar-refractivity contribution in [2.75, 3.05) is 4.90 Å². The highest BCUT2D eigenvalue weighted by atomic mass is 32.2. The van der Waals surface area contributed by atoms with E-state index in [1.807, 2.05) is 61.5 Å². The van der Waals surface area contributed by atoms with Gasteiger partial charge in [0.15, 0.2) is 0 Å². The van der Waals surface area contributed by atoms with Crippen LogP contribution in [0, 0.1) is 12.8 Å². The molecule has 1 aromatic heterocycles. The molecular weight excluding hydrogens is 416 g/mol. The van der Waals surface area contributed by atoms with Crippen molar-refractivity contribution in [1.82, 2.24) is 4.98 Å². The van der Waals surface area contributed by atoms with Crippen LogP contribution in [0.15, 0.2) is 70.5 Å². The van der Waals surface area contributed by atoms with Crippen molar-refractivity contribution >= 4 is 46.7 Å². The summed E-state index contributed by atoms with van der Waals surface area (Å²) in [6.45, 7) is 1.96. The number of thioether (sulfide) groups is 1. The first-order valence-electron chi connectivity index (χ1n) is 9.60. The van der Waals surface area contributed by atoms with Crippen molar-refractivity contribution in [3.8, 4) is 0 Å². The molecule has 0 radical (unpaired) electrons. The average molecular weight is 435 g/mol. The zero-order chi connectivity index (χ0) is 20.8. The van der Waals surface area contributed by atoms with Crippen LogP contribution in [0.5, 0.6) is 0 Å². The van der Waals surface area contributed by atoms with E-state index >= 15 is 0 Å². The standard InChI is InChI=1S/C23H18N2O3S2/c1-13-7-10-15(11-8-13)25-21(26)17-16(12-9-14-5-3-2-4-6-14)18-20(24-23(28)30-18)29-19(17)22(25)27/h2-12,16-17,19H,1H3,(H,24,28)/b12-9+. The van der Waals surface area contributed by atoms with E-state index in [1.54, 1.807) is 12.1 Å². The van der Waals surface area contributed by atoms with E-state index in [4.69, 9.17) is 0 Å². The molecule has 2 aliphatic heterocycles. The Kier molecular flexibility index (Phi) is 4.72. The number of aromatic nitrogens is 1. The van der Waals surface area contributed by atoms with Crippen LogP contribution in [0.1, 0.15) is 21.9 Å². The molecule has 0 saturated carbocycles. The number of fused-ring (bicyclic) bond motifs is 2. The minimum atomic E-state index is -0.554. The maximum atomic E-state index is 13.4. The minimum absolute atomic E-state index is 0.166. The number of allylic oxidation sites excluding steroid dienone is 1. The van der Waals surface area contributed by atoms with Gasteiger partial charge < -0.3 is 4.98 Å². The number of hydrogen-bond donors (Lipinski definition) is 1. The maximum Gasteiger partial charge on any atom is 0.305 e. The molecule has 3 aromatic rings. The van der Waals surface area contributed by atoms with Gasteiger partial charge in [-0.05, 0) is 24.6 Å². The Morgan fingerprint density at radius 3 is 2.43 bits per heavy atom. The lowest BCUT2D eigenvalue weighted by Gasteiger charge is -2.27. The SMILES string of the molecule is Cc1ccc(N2C(=O)C3Sc4[nH]c(=O)sc4C(/C=C/c4ccccc4)C3C2=O)cc1. The Balaban J connectivity index is 1.57. The normalized spacial score (nSPS) is 23.1. The second-order valence-corrected chi connectivity index (χ2v) is 9.58. The smallest absolute Gasteiger partial charge is 0.305 e. The molecule has 3 heterocycles. The van der Waals surface area contributed by atoms with E-state index in [9.17, 15) is 14.4 Å². The van der Waals surface area contributed by atoms with E-state index in [1.165, 1.54) is 16.7 Å². The number of carbonyl (C=O) groups is 2. The van der Waals surface area contributed by atoms with Gasteiger partial charge in [0.2, 0.25) is 11.8 Å². The first kappa shape index (κ1) is 19.1. The summed E-state index contributed by atoms with van der Waals surface area (Å²) in [5.74, 6) is -1.31. The molecule has 1 N–H and O–H groups in total. The lowest BCUT2D eigenvalue weighted by Crippen LogP contribution is -2.31. The number of rotatable bonds is 3. The number of thiazole rings is 1. The molecule has 3 unspecified atom stereocenters. The van der Waals surface area contributed by atoms with Crippen LogP contribution in [-0.2, 0) is 9.59 Å². The van der Waals surface area contributed by atoms with Gasteiger partial charge in [0.05, 0.1) is 16.6 Å². The lowest BCUT2D eigenvalue weighted by atomic mass is 9.88. The van der Waals surface area contributed by atoms with Gasteiger partial charge in [0.1, 0.15) is 5.25 Å². The lowest BCUT2D eigenvalue weighted by molar-refractivity contribution is -0.122. The Labute approximate surface area is 181 Å². The predicted octanol–water partition coefficient (Wildman–Crippen LogP) is 4.21. The topological polar surface area (TPSA) is 70.2 Å². The molecule has 0 bridgehead atoms. The van der Waals surface area contributed by atoms with Crippen LogP contribution in [0.2, 0.25) is 0 Å². The number of anilines is 1. The quantitative estimate of drug-likeness (QED) is 0.627. The van der Waals surface area contributed by atoms with E-state index in [-0.39, 0.29) is 22.6 Å². The third-order valence-electron chi connectivity index (χ3n) is 5.46. The third-order valence-corrected chi connectivity index (χ3v) is 7.88. The molecule has 5 rings (SSSR count). The Morgan fingerprint density at radius 1 is 0.967 bits per heavy atom. The fraction of sp³-hybridized carbons (Fsp3) is 0.174. The van der Waals surface area contributed by atoms with Crippen LogP contribution in [0.3, 0.4) is 0 Å². The summed E-state index contributed by atoms with van der Waals surface area (Å²) in [6, 6.07) is 17.2. The Bertz CT molecular complexity index is 1210. The number of H-pyrrole nitrogens is 1. The van der Waals surface area contributed by atoms with Gasteiger partial charge >= 0.3 is 4.87 Å².